The molecule has 21 heavy (non-hydrogen) atoms. The SMILES string of the molecule is CC(N)(c1ccccc1)c1cc2ccccc2nc1C#N. The molecular weight excluding hydrogens is 258 g/mol. The Morgan fingerprint density at radius 3 is 2.43 bits per heavy atom. The molecule has 2 aromatic carbocycles. The Kier molecular flexibility index (Phi) is 3.17. The molecule has 3 nitrogen and oxygen atoms in total. The maximum atomic E-state index is 9.42. The fourth-order valence-corrected chi connectivity index (χ4v) is 2.54. The number of pyridine rings is 1. The minimum absolute atomic E-state index is 0.377. The Hall–Kier alpha value is -2.70. The van der Waals surface area contributed by atoms with Crippen LogP contribution in [-0.2, 0) is 5.54 Å². The predicted octanol–water partition coefficient (Wildman–Crippen LogP) is 3.33. The standard InChI is InChI=1S/C18H15N3/c1-18(20,14-8-3-2-4-9-14)15-11-13-7-5-6-10-16(13)21-17(15)12-19/h2-11H,20H2,1H3. The normalized spacial score (nSPS) is 13.6. The first-order chi connectivity index (χ1) is 10.1. The Morgan fingerprint density at radius 1 is 1.05 bits per heavy atom. The second kappa shape index (κ2) is 5.01. The van der Waals surface area contributed by atoms with Crippen LogP contribution in [0.2, 0.25) is 0 Å². The van der Waals surface area contributed by atoms with Gasteiger partial charge in [0.05, 0.1) is 11.1 Å². The molecule has 1 unspecified atom stereocenters. The lowest BCUT2D eigenvalue weighted by molar-refractivity contribution is 0.599. The van der Waals surface area contributed by atoms with E-state index in [4.69, 9.17) is 5.73 Å². The first-order valence-corrected chi connectivity index (χ1v) is 6.77. The molecule has 102 valence electrons. The van der Waals surface area contributed by atoms with Crippen LogP contribution in [-0.4, -0.2) is 4.98 Å². The third-order valence-electron chi connectivity index (χ3n) is 3.76. The van der Waals surface area contributed by atoms with E-state index in [-0.39, 0.29) is 0 Å². The van der Waals surface area contributed by atoms with Crippen molar-refractivity contribution in [2.24, 2.45) is 5.73 Å². The van der Waals surface area contributed by atoms with Gasteiger partial charge in [0.25, 0.3) is 0 Å². The molecule has 1 aromatic heterocycles. The van der Waals surface area contributed by atoms with Crippen molar-refractivity contribution < 1.29 is 0 Å². The van der Waals surface area contributed by atoms with E-state index in [1.807, 2.05) is 67.6 Å². The van der Waals surface area contributed by atoms with E-state index in [0.717, 1.165) is 22.0 Å². The highest BCUT2D eigenvalue weighted by molar-refractivity contribution is 5.80. The summed E-state index contributed by atoms with van der Waals surface area (Å²) in [5.74, 6) is 0. The molecule has 0 saturated heterocycles. The predicted molar refractivity (Wildman–Crippen MR) is 83.5 cm³/mol. The minimum atomic E-state index is -0.761. The van der Waals surface area contributed by atoms with Gasteiger partial charge in [0.2, 0.25) is 0 Å². The summed E-state index contributed by atoms with van der Waals surface area (Å²) in [5, 5.41) is 10.4. The number of benzene rings is 2. The zero-order valence-electron chi connectivity index (χ0n) is 11.7. The van der Waals surface area contributed by atoms with Gasteiger partial charge in [-0.1, -0.05) is 48.5 Å². The lowest BCUT2D eigenvalue weighted by Crippen LogP contribution is -2.35. The van der Waals surface area contributed by atoms with Crippen LogP contribution in [0.5, 0.6) is 0 Å². The molecule has 0 spiro atoms. The van der Waals surface area contributed by atoms with E-state index >= 15 is 0 Å². The quantitative estimate of drug-likeness (QED) is 0.779. The molecule has 0 bridgehead atoms. The second-order valence-corrected chi connectivity index (χ2v) is 5.26. The molecule has 2 N–H and O–H groups in total. The molecule has 0 fully saturated rings. The first-order valence-electron chi connectivity index (χ1n) is 6.77. The average Bonchev–Trinajstić information content (AvgIpc) is 2.54. The van der Waals surface area contributed by atoms with Crippen LogP contribution in [0.4, 0.5) is 0 Å². The number of fused-ring (bicyclic) bond motifs is 1. The van der Waals surface area contributed by atoms with Gasteiger partial charge in [-0.3, -0.25) is 0 Å². The Morgan fingerprint density at radius 2 is 1.71 bits per heavy atom. The summed E-state index contributed by atoms with van der Waals surface area (Å²) in [4.78, 5) is 4.44. The zero-order chi connectivity index (χ0) is 14.9. The van der Waals surface area contributed by atoms with Crippen LogP contribution in [0.15, 0.2) is 60.7 Å². The summed E-state index contributed by atoms with van der Waals surface area (Å²) in [6, 6.07) is 21.7. The van der Waals surface area contributed by atoms with Gasteiger partial charge in [-0.25, -0.2) is 4.98 Å². The highest BCUT2D eigenvalue weighted by Gasteiger charge is 2.27. The second-order valence-electron chi connectivity index (χ2n) is 5.26. The van der Waals surface area contributed by atoms with Crippen LogP contribution in [0, 0.1) is 11.3 Å². The monoisotopic (exact) mass is 273 g/mol. The Labute approximate surface area is 123 Å². The van der Waals surface area contributed by atoms with Gasteiger partial charge >= 0.3 is 0 Å². The molecular formula is C18H15N3. The number of aromatic nitrogens is 1. The van der Waals surface area contributed by atoms with Crippen molar-refractivity contribution in [2.45, 2.75) is 12.5 Å². The van der Waals surface area contributed by atoms with E-state index in [1.165, 1.54) is 0 Å². The molecule has 3 rings (SSSR count). The topological polar surface area (TPSA) is 62.7 Å². The van der Waals surface area contributed by atoms with Crippen molar-refractivity contribution in [3.8, 4) is 6.07 Å². The smallest absolute Gasteiger partial charge is 0.146 e. The lowest BCUT2D eigenvalue weighted by Gasteiger charge is -2.26. The third-order valence-corrected chi connectivity index (χ3v) is 3.76. The zero-order valence-corrected chi connectivity index (χ0v) is 11.7. The number of hydrogen-bond donors (Lipinski definition) is 1. The van der Waals surface area contributed by atoms with Crippen molar-refractivity contribution in [3.63, 3.8) is 0 Å². The van der Waals surface area contributed by atoms with E-state index in [1.54, 1.807) is 0 Å². The average molecular weight is 273 g/mol. The molecule has 0 radical (unpaired) electrons. The van der Waals surface area contributed by atoms with Crippen molar-refractivity contribution in [1.29, 1.82) is 5.26 Å². The first kappa shape index (κ1) is 13.3. The van der Waals surface area contributed by atoms with Crippen LogP contribution < -0.4 is 5.73 Å². The van der Waals surface area contributed by atoms with Gasteiger partial charge in [-0.2, -0.15) is 5.26 Å². The van der Waals surface area contributed by atoms with E-state index in [0.29, 0.717) is 5.69 Å². The van der Waals surface area contributed by atoms with Gasteiger partial charge < -0.3 is 5.73 Å². The maximum Gasteiger partial charge on any atom is 0.146 e. The molecule has 0 aliphatic carbocycles. The summed E-state index contributed by atoms with van der Waals surface area (Å²) < 4.78 is 0. The number of para-hydroxylation sites is 1. The van der Waals surface area contributed by atoms with Crippen molar-refractivity contribution >= 4 is 10.9 Å². The van der Waals surface area contributed by atoms with Gasteiger partial charge in [0, 0.05) is 10.9 Å². The summed E-state index contributed by atoms with van der Waals surface area (Å²) in [6.07, 6.45) is 0. The highest BCUT2D eigenvalue weighted by Crippen LogP contribution is 2.30. The molecule has 0 amide bonds. The number of nitrogens with two attached hydrogens (primary N) is 1. The number of hydrogen-bond acceptors (Lipinski definition) is 3. The molecule has 3 heteroatoms. The molecule has 0 saturated carbocycles. The van der Waals surface area contributed by atoms with Gasteiger partial charge in [0.1, 0.15) is 11.8 Å². The number of nitrogens with zero attached hydrogens (tertiary/aromatic N) is 2. The van der Waals surface area contributed by atoms with E-state index in [9.17, 15) is 5.26 Å². The largest absolute Gasteiger partial charge is 0.318 e. The fraction of sp³-hybridized carbons (Fsp3) is 0.111. The fourth-order valence-electron chi connectivity index (χ4n) is 2.54. The van der Waals surface area contributed by atoms with Crippen molar-refractivity contribution in [1.82, 2.24) is 4.98 Å². The number of nitriles is 1. The van der Waals surface area contributed by atoms with Crippen LogP contribution in [0.3, 0.4) is 0 Å². The van der Waals surface area contributed by atoms with Crippen LogP contribution in [0.1, 0.15) is 23.7 Å². The lowest BCUT2D eigenvalue weighted by atomic mass is 9.84. The van der Waals surface area contributed by atoms with Gasteiger partial charge in [0.15, 0.2) is 0 Å². The highest BCUT2D eigenvalue weighted by atomic mass is 14.8. The van der Waals surface area contributed by atoms with Gasteiger partial charge in [-0.15, -0.1) is 0 Å². The summed E-state index contributed by atoms with van der Waals surface area (Å²) in [5.41, 5.74) is 8.66. The van der Waals surface area contributed by atoms with Crippen LogP contribution in [0.25, 0.3) is 10.9 Å². The van der Waals surface area contributed by atoms with Crippen LogP contribution >= 0.6 is 0 Å². The van der Waals surface area contributed by atoms with Crippen molar-refractivity contribution in [3.05, 3.63) is 77.5 Å². The third kappa shape index (κ3) is 2.26. The van der Waals surface area contributed by atoms with Gasteiger partial charge in [-0.05, 0) is 24.6 Å². The summed E-state index contributed by atoms with van der Waals surface area (Å²) >= 11 is 0. The van der Waals surface area contributed by atoms with E-state index in [2.05, 4.69) is 11.1 Å². The number of rotatable bonds is 2. The minimum Gasteiger partial charge on any atom is -0.318 e. The molecule has 3 aromatic rings. The molecule has 0 aliphatic rings. The molecule has 0 aliphatic heterocycles. The van der Waals surface area contributed by atoms with Crippen molar-refractivity contribution in [2.75, 3.05) is 0 Å². The Bertz CT molecular complexity index is 830. The molecule has 1 atom stereocenters. The Balaban J connectivity index is 2.26. The maximum absolute atomic E-state index is 9.42. The van der Waals surface area contributed by atoms with E-state index < -0.39 is 5.54 Å². The molecule has 1 heterocycles. The summed E-state index contributed by atoms with van der Waals surface area (Å²) in [6.45, 7) is 1.91. The summed E-state index contributed by atoms with van der Waals surface area (Å²) in [7, 11) is 0.